The highest BCUT2D eigenvalue weighted by atomic mass is 19.3. The van der Waals surface area contributed by atoms with E-state index in [0.717, 1.165) is 5.56 Å². The quantitative estimate of drug-likeness (QED) is 0.893. The lowest BCUT2D eigenvalue weighted by Crippen LogP contribution is -2.48. The summed E-state index contributed by atoms with van der Waals surface area (Å²) in [6.07, 6.45) is -3.43. The number of aliphatic hydroxyl groups excluding tert-OH is 1. The predicted molar refractivity (Wildman–Crippen MR) is 90.7 cm³/mol. The Morgan fingerprint density at radius 3 is 2.65 bits per heavy atom. The largest absolute Gasteiger partial charge is 0.492 e. The molecule has 0 saturated heterocycles. The van der Waals surface area contributed by atoms with Crippen LogP contribution in [0.5, 0.6) is 5.75 Å². The van der Waals surface area contributed by atoms with Gasteiger partial charge in [0.05, 0.1) is 0 Å². The summed E-state index contributed by atoms with van der Waals surface area (Å²) in [5.41, 5.74) is 1.14. The maximum absolute atomic E-state index is 12.6. The summed E-state index contributed by atoms with van der Waals surface area (Å²) in [7, 11) is 0. The minimum Gasteiger partial charge on any atom is -0.492 e. The van der Waals surface area contributed by atoms with Crippen molar-refractivity contribution in [3.05, 3.63) is 29.7 Å². The van der Waals surface area contributed by atoms with Crippen LogP contribution in [0.25, 0.3) is 11.4 Å². The van der Waals surface area contributed by atoms with E-state index in [1.54, 1.807) is 12.1 Å². The Morgan fingerprint density at radius 1 is 1.31 bits per heavy atom. The third kappa shape index (κ3) is 3.71. The lowest BCUT2D eigenvalue weighted by atomic mass is 9.92. The maximum Gasteiger partial charge on any atom is 0.315 e. The average molecular weight is 367 g/mol. The van der Waals surface area contributed by atoms with E-state index in [4.69, 9.17) is 4.74 Å². The number of hydrogen-bond acceptors (Lipinski definition) is 6. The van der Waals surface area contributed by atoms with Crippen molar-refractivity contribution in [1.29, 1.82) is 0 Å². The highest BCUT2D eigenvalue weighted by Gasteiger charge is 2.34. The summed E-state index contributed by atoms with van der Waals surface area (Å²) in [5, 5.41) is 14.3. The summed E-state index contributed by atoms with van der Waals surface area (Å²) in [6.45, 7) is 8.86. The normalized spacial score (nSPS) is 19.8. The minimum absolute atomic E-state index is 0.00989. The van der Waals surface area contributed by atoms with Gasteiger partial charge in [0.2, 0.25) is 5.82 Å². The molecule has 1 aromatic carbocycles. The summed E-state index contributed by atoms with van der Waals surface area (Å²) >= 11 is 0. The molecule has 0 bridgehead atoms. The number of nitrogens with zero attached hydrogens (tertiary/aromatic N) is 3. The Hall–Kier alpha value is -2.06. The molecule has 3 rings (SSSR count). The second kappa shape index (κ2) is 6.92. The van der Waals surface area contributed by atoms with E-state index in [0.29, 0.717) is 24.5 Å². The monoisotopic (exact) mass is 367 g/mol. The van der Waals surface area contributed by atoms with Crippen molar-refractivity contribution in [1.82, 2.24) is 15.0 Å². The molecule has 6 nitrogen and oxygen atoms in total. The number of ether oxygens (including phenoxy) is 1. The van der Waals surface area contributed by atoms with Gasteiger partial charge in [0.15, 0.2) is 0 Å². The van der Waals surface area contributed by atoms with Crippen LogP contribution < -0.4 is 4.74 Å². The van der Waals surface area contributed by atoms with Gasteiger partial charge in [0.25, 0.3) is 5.89 Å². The first-order valence-corrected chi connectivity index (χ1v) is 8.48. The Kier molecular flexibility index (Phi) is 4.98. The van der Waals surface area contributed by atoms with Gasteiger partial charge in [-0.05, 0) is 13.0 Å². The standard InChI is InChI=1S/C18H23F2N3O3/c1-10-9-25-13-7-11(15-21-16(14(19)20)26-22-15)5-6-12(13)8-23(10)17(24)18(2,3)4/h5-7,10,14,17,24H,8-9H2,1-4H3/t10-,17?/m0/s1. The molecule has 0 aliphatic carbocycles. The topological polar surface area (TPSA) is 71.6 Å². The molecule has 8 heteroatoms. The molecule has 0 saturated carbocycles. The van der Waals surface area contributed by atoms with Gasteiger partial charge in [0.1, 0.15) is 18.6 Å². The van der Waals surface area contributed by atoms with E-state index in [2.05, 4.69) is 14.7 Å². The van der Waals surface area contributed by atoms with Crippen molar-refractivity contribution in [3.8, 4) is 17.1 Å². The van der Waals surface area contributed by atoms with Crippen LogP contribution in [0.1, 0.15) is 45.6 Å². The number of halogens is 2. The zero-order valence-electron chi connectivity index (χ0n) is 15.2. The first kappa shape index (κ1) is 18.7. The number of aromatic nitrogens is 2. The molecule has 1 aromatic heterocycles. The van der Waals surface area contributed by atoms with E-state index in [9.17, 15) is 13.9 Å². The molecule has 1 unspecified atom stereocenters. The molecule has 0 fully saturated rings. The van der Waals surface area contributed by atoms with Crippen LogP contribution in [0.2, 0.25) is 0 Å². The van der Waals surface area contributed by atoms with Crippen LogP contribution in [-0.4, -0.2) is 39.0 Å². The van der Waals surface area contributed by atoms with Crippen LogP contribution in [0.3, 0.4) is 0 Å². The van der Waals surface area contributed by atoms with Crippen molar-refractivity contribution >= 4 is 0 Å². The minimum atomic E-state index is -2.80. The Labute approximate surface area is 150 Å². The zero-order valence-corrected chi connectivity index (χ0v) is 15.2. The van der Waals surface area contributed by atoms with Crippen LogP contribution in [0.4, 0.5) is 8.78 Å². The van der Waals surface area contributed by atoms with Gasteiger partial charge in [0, 0.05) is 29.1 Å². The van der Waals surface area contributed by atoms with Crippen molar-refractivity contribution in [2.24, 2.45) is 5.41 Å². The third-order valence-electron chi connectivity index (χ3n) is 4.44. The molecule has 0 spiro atoms. The van der Waals surface area contributed by atoms with E-state index in [-0.39, 0.29) is 17.3 Å². The van der Waals surface area contributed by atoms with E-state index >= 15 is 0 Å². The van der Waals surface area contributed by atoms with Gasteiger partial charge in [-0.25, -0.2) is 0 Å². The van der Waals surface area contributed by atoms with E-state index < -0.39 is 18.5 Å². The molecule has 1 aliphatic rings. The fourth-order valence-corrected chi connectivity index (χ4v) is 2.88. The van der Waals surface area contributed by atoms with Crippen molar-refractivity contribution in [2.45, 2.75) is 52.9 Å². The first-order valence-electron chi connectivity index (χ1n) is 8.48. The Balaban J connectivity index is 1.89. The zero-order chi connectivity index (χ0) is 19.1. The Morgan fingerprint density at radius 2 is 2.04 bits per heavy atom. The molecule has 0 radical (unpaired) electrons. The molecule has 0 amide bonds. The Bertz CT molecular complexity index is 773. The molecule has 26 heavy (non-hydrogen) atoms. The smallest absolute Gasteiger partial charge is 0.315 e. The van der Waals surface area contributed by atoms with Crippen LogP contribution in [0, 0.1) is 5.41 Å². The fourth-order valence-electron chi connectivity index (χ4n) is 2.88. The van der Waals surface area contributed by atoms with Crippen molar-refractivity contribution in [3.63, 3.8) is 0 Å². The van der Waals surface area contributed by atoms with E-state index in [1.165, 1.54) is 0 Å². The molecule has 142 valence electrons. The average Bonchev–Trinajstić information content (AvgIpc) is 3.01. The predicted octanol–water partition coefficient (Wildman–Crippen LogP) is 3.62. The first-order chi connectivity index (χ1) is 12.2. The molecule has 2 heterocycles. The molecule has 2 atom stereocenters. The number of fused-ring (bicyclic) bond motifs is 1. The van der Waals surface area contributed by atoms with Gasteiger partial charge in [-0.1, -0.05) is 38.1 Å². The van der Waals surface area contributed by atoms with Gasteiger partial charge in [-0.3, -0.25) is 4.90 Å². The summed E-state index contributed by atoms with van der Waals surface area (Å²) in [6, 6.07) is 5.30. The van der Waals surface area contributed by atoms with Crippen LogP contribution >= 0.6 is 0 Å². The molecule has 2 aromatic rings. The molecular formula is C18H23F2N3O3. The number of alkyl halides is 2. The van der Waals surface area contributed by atoms with Crippen LogP contribution in [-0.2, 0) is 6.54 Å². The summed E-state index contributed by atoms with van der Waals surface area (Å²) in [4.78, 5) is 5.70. The maximum atomic E-state index is 12.6. The number of hydrogen-bond donors (Lipinski definition) is 1. The molecule has 1 aliphatic heterocycles. The van der Waals surface area contributed by atoms with Gasteiger partial charge in [-0.15, -0.1) is 0 Å². The number of aliphatic hydroxyl groups is 1. The second-order valence-electron chi connectivity index (χ2n) is 7.65. The van der Waals surface area contributed by atoms with Crippen molar-refractivity contribution in [2.75, 3.05) is 6.61 Å². The number of rotatable bonds is 3. The fraction of sp³-hybridized carbons (Fsp3) is 0.556. The highest BCUT2D eigenvalue weighted by molar-refractivity contribution is 5.59. The van der Waals surface area contributed by atoms with Gasteiger partial charge < -0.3 is 14.4 Å². The SMILES string of the molecule is C[C@H]1COc2cc(-c3noc(C(F)F)n3)ccc2CN1C(O)C(C)(C)C. The van der Waals surface area contributed by atoms with E-state index in [1.807, 2.05) is 38.7 Å². The van der Waals surface area contributed by atoms with Crippen LogP contribution in [0.15, 0.2) is 22.7 Å². The number of benzene rings is 1. The summed E-state index contributed by atoms with van der Waals surface area (Å²) < 4.78 is 35.7. The lowest BCUT2D eigenvalue weighted by molar-refractivity contribution is -0.0957. The lowest BCUT2D eigenvalue weighted by Gasteiger charge is -2.38. The summed E-state index contributed by atoms with van der Waals surface area (Å²) in [5.74, 6) is 0.0147. The van der Waals surface area contributed by atoms with Crippen molar-refractivity contribution < 1.29 is 23.1 Å². The second-order valence-corrected chi connectivity index (χ2v) is 7.65. The molecule has 1 N–H and O–H groups in total. The van der Waals surface area contributed by atoms with Gasteiger partial charge in [-0.2, -0.15) is 13.8 Å². The van der Waals surface area contributed by atoms with Gasteiger partial charge >= 0.3 is 6.43 Å². The molecular weight excluding hydrogens is 344 g/mol. The third-order valence-corrected chi connectivity index (χ3v) is 4.44. The highest BCUT2D eigenvalue weighted by Crippen LogP contribution is 2.33.